The number of aliphatic hydroxyl groups is 1. The average molecular weight is 203 g/mol. The summed E-state index contributed by atoms with van der Waals surface area (Å²) in [7, 11) is 0. The zero-order valence-corrected chi connectivity index (χ0v) is 9.39. The van der Waals surface area contributed by atoms with Gasteiger partial charge < -0.3 is 10.0 Å². The maximum absolute atomic E-state index is 9.71. The highest BCUT2D eigenvalue weighted by molar-refractivity contribution is 7.80. The van der Waals surface area contributed by atoms with Gasteiger partial charge in [-0.2, -0.15) is 12.6 Å². The van der Waals surface area contributed by atoms with Gasteiger partial charge in [0.15, 0.2) is 0 Å². The summed E-state index contributed by atoms with van der Waals surface area (Å²) >= 11 is 4.18. The van der Waals surface area contributed by atoms with Gasteiger partial charge >= 0.3 is 0 Å². The monoisotopic (exact) mass is 203 g/mol. The van der Waals surface area contributed by atoms with E-state index in [0.29, 0.717) is 0 Å². The van der Waals surface area contributed by atoms with Gasteiger partial charge in [0.2, 0.25) is 0 Å². The number of unbranched alkanes of at least 4 members (excludes halogenated alkanes) is 2. The number of hydrogen-bond donors (Lipinski definition) is 2. The smallest absolute Gasteiger partial charge is 0.0758 e. The van der Waals surface area contributed by atoms with Crippen molar-refractivity contribution in [3.8, 4) is 0 Å². The van der Waals surface area contributed by atoms with Gasteiger partial charge in [0.1, 0.15) is 0 Å². The molecular formula is C10H21NOS. The zero-order valence-electron chi connectivity index (χ0n) is 8.50. The zero-order chi connectivity index (χ0) is 9.73. The molecule has 1 aliphatic rings. The molecule has 0 aromatic heterocycles. The van der Waals surface area contributed by atoms with Crippen LogP contribution >= 0.6 is 12.6 Å². The molecule has 13 heavy (non-hydrogen) atoms. The Hall–Kier alpha value is 0.270. The predicted octanol–water partition coefficient (Wildman–Crippen LogP) is 1.54. The Morgan fingerprint density at radius 1 is 1.38 bits per heavy atom. The Morgan fingerprint density at radius 3 is 2.69 bits per heavy atom. The average Bonchev–Trinajstić information content (AvgIpc) is 2.40. The summed E-state index contributed by atoms with van der Waals surface area (Å²) in [5, 5.41) is 9.71. The molecule has 1 aliphatic heterocycles. The first-order valence-electron chi connectivity index (χ1n) is 5.20. The Morgan fingerprint density at radius 2 is 2.15 bits per heavy atom. The lowest BCUT2D eigenvalue weighted by Crippen LogP contribution is -2.30. The van der Waals surface area contributed by atoms with E-state index in [1.165, 1.54) is 19.3 Å². The van der Waals surface area contributed by atoms with Crippen LogP contribution in [0.2, 0.25) is 0 Å². The highest BCUT2D eigenvalue weighted by Crippen LogP contribution is 2.20. The van der Waals surface area contributed by atoms with Crippen LogP contribution in [-0.4, -0.2) is 41.0 Å². The topological polar surface area (TPSA) is 23.5 Å². The second-order valence-corrected chi connectivity index (χ2v) is 4.75. The molecule has 0 saturated carbocycles. The quantitative estimate of drug-likeness (QED) is 0.523. The summed E-state index contributed by atoms with van der Waals surface area (Å²) in [5.41, 5.74) is -0.427. The molecule has 0 aromatic rings. The van der Waals surface area contributed by atoms with Crippen molar-refractivity contribution in [2.75, 3.05) is 25.4 Å². The number of likely N-dealkylation sites (tertiary alicyclic amines) is 1. The minimum absolute atomic E-state index is 0.427. The van der Waals surface area contributed by atoms with Gasteiger partial charge in [0.25, 0.3) is 0 Å². The first kappa shape index (κ1) is 11.3. The summed E-state index contributed by atoms with van der Waals surface area (Å²) in [4.78, 5) is 2.36. The third-order valence-corrected chi connectivity index (χ3v) is 2.98. The fourth-order valence-electron chi connectivity index (χ4n) is 1.85. The van der Waals surface area contributed by atoms with E-state index in [4.69, 9.17) is 0 Å². The highest BCUT2D eigenvalue weighted by atomic mass is 32.1. The van der Waals surface area contributed by atoms with Crippen molar-refractivity contribution >= 4 is 12.6 Å². The number of thiol groups is 1. The normalized spacial score (nSPS) is 29.8. The molecule has 0 radical (unpaired) electrons. The SMILES string of the molecule is CC1(O)CCN(CCCCCS)C1. The molecule has 1 saturated heterocycles. The van der Waals surface area contributed by atoms with Crippen LogP contribution in [0.5, 0.6) is 0 Å². The summed E-state index contributed by atoms with van der Waals surface area (Å²) in [6.07, 6.45) is 4.66. The predicted molar refractivity (Wildman–Crippen MR) is 59.4 cm³/mol. The van der Waals surface area contributed by atoms with E-state index in [9.17, 15) is 5.11 Å². The van der Waals surface area contributed by atoms with Gasteiger partial charge in [0, 0.05) is 13.1 Å². The number of hydrogen-bond acceptors (Lipinski definition) is 3. The fourth-order valence-corrected chi connectivity index (χ4v) is 2.08. The molecule has 0 aliphatic carbocycles. The maximum Gasteiger partial charge on any atom is 0.0758 e. The van der Waals surface area contributed by atoms with Gasteiger partial charge in [-0.1, -0.05) is 6.42 Å². The first-order chi connectivity index (χ1) is 6.14. The van der Waals surface area contributed by atoms with E-state index in [2.05, 4.69) is 17.5 Å². The van der Waals surface area contributed by atoms with Crippen molar-refractivity contribution in [3.63, 3.8) is 0 Å². The molecule has 0 bridgehead atoms. The molecule has 0 amide bonds. The standard InChI is InChI=1S/C10H21NOS/c1-10(12)5-7-11(9-10)6-3-2-4-8-13/h12-13H,2-9H2,1H3. The van der Waals surface area contributed by atoms with Crippen molar-refractivity contribution in [2.24, 2.45) is 0 Å². The Balaban J connectivity index is 2.04. The largest absolute Gasteiger partial charge is 0.389 e. The lowest BCUT2D eigenvalue weighted by Gasteiger charge is -2.18. The van der Waals surface area contributed by atoms with Gasteiger partial charge in [-0.15, -0.1) is 0 Å². The van der Waals surface area contributed by atoms with E-state index < -0.39 is 5.60 Å². The van der Waals surface area contributed by atoms with Gasteiger partial charge in [-0.25, -0.2) is 0 Å². The lowest BCUT2D eigenvalue weighted by molar-refractivity contribution is 0.0686. The third-order valence-electron chi connectivity index (χ3n) is 2.66. The van der Waals surface area contributed by atoms with E-state index >= 15 is 0 Å². The molecule has 1 atom stereocenters. The van der Waals surface area contributed by atoms with Crippen LogP contribution in [0.3, 0.4) is 0 Å². The molecule has 1 heterocycles. The van der Waals surface area contributed by atoms with Crippen molar-refractivity contribution in [3.05, 3.63) is 0 Å². The van der Waals surface area contributed by atoms with Crippen molar-refractivity contribution in [1.82, 2.24) is 4.90 Å². The number of rotatable bonds is 5. The summed E-state index contributed by atoms with van der Waals surface area (Å²) in [5.74, 6) is 0.998. The Labute approximate surface area is 86.7 Å². The van der Waals surface area contributed by atoms with Crippen molar-refractivity contribution in [1.29, 1.82) is 0 Å². The van der Waals surface area contributed by atoms with E-state index in [1.54, 1.807) is 0 Å². The fraction of sp³-hybridized carbons (Fsp3) is 1.00. The van der Waals surface area contributed by atoms with Crippen molar-refractivity contribution in [2.45, 2.75) is 38.2 Å². The molecule has 1 fully saturated rings. The van der Waals surface area contributed by atoms with Crippen LogP contribution in [0.25, 0.3) is 0 Å². The maximum atomic E-state index is 9.71. The van der Waals surface area contributed by atoms with Crippen LogP contribution in [0, 0.1) is 0 Å². The summed E-state index contributed by atoms with van der Waals surface area (Å²) in [6.45, 7) is 4.99. The van der Waals surface area contributed by atoms with E-state index in [1.807, 2.05) is 6.92 Å². The van der Waals surface area contributed by atoms with Crippen LogP contribution in [0.15, 0.2) is 0 Å². The molecule has 3 heteroatoms. The summed E-state index contributed by atoms with van der Waals surface area (Å²) in [6, 6.07) is 0. The first-order valence-corrected chi connectivity index (χ1v) is 5.83. The van der Waals surface area contributed by atoms with E-state index in [-0.39, 0.29) is 0 Å². The number of β-amino-alcohol motifs (C(OH)–C–C–N with tert-alkyl or cyclic N) is 1. The molecule has 1 N–H and O–H groups in total. The van der Waals surface area contributed by atoms with Crippen LogP contribution in [-0.2, 0) is 0 Å². The van der Waals surface area contributed by atoms with Crippen molar-refractivity contribution < 1.29 is 5.11 Å². The minimum atomic E-state index is -0.427. The molecular weight excluding hydrogens is 182 g/mol. The highest BCUT2D eigenvalue weighted by Gasteiger charge is 2.30. The second kappa shape index (κ2) is 5.23. The number of nitrogens with zero attached hydrogens (tertiary/aromatic N) is 1. The van der Waals surface area contributed by atoms with Crippen LogP contribution < -0.4 is 0 Å². The molecule has 1 rings (SSSR count). The minimum Gasteiger partial charge on any atom is -0.389 e. The second-order valence-electron chi connectivity index (χ2n) is 4.31. The Kier molecular flexibility index (Phi) is 4.56. The van der Waals surface area contributed by atoms with Crippen LogP contribution in [0.1, 0.15) is 32.6 Å². The van der Waals surface area contributed by atoms with E-state index in [0.717, 1.165) is 31.8 Å². The molecule has 78 valence electrons. The Bertz CT molecular complexity index is 150. The summed E-state index contributed by atoms with van der Waals surface area (Å²) < 4.78 is 0. The van der Waals surface area contributed by atoms with Gasteiger partial charge in [-0.05, 0) is 38.5 Å². The van der Waals surface area contributed by atoms with Gasteiger partial charge in [-0.3, -0.25) is 0 Å². The molecule has 0 aromatic carbocycles. The van der Waals surface area contributed by atoms with Crippen LogP contribution in [0.4, 0.5) is 0 Å². The third kappa shape index (κ3) is 4.34. The van der Waals surface area contributed by atoms with Gasteiger partial charge in [0.05, 0.1) is 5.60 Å². The molecule has 2 nitrogen and oxygen atoms in total. The lowest BCUT2D eigenvalue weighted by atomic mass is 10.1. The molecule has 1 unspecified atom stereocenters. The molecule has 0 spiro atoms.